The number of nitrogens with zero attached hydrogens (tertiary/aromatic N) is 4. The second-order valence-electron chi connectivity index (χ2n) is 7.84. The van der Waals surface area contributed by atoms with Gasteiger partial charge in [0.15, 0.2) is 5.13 Å². The highest BCUT2D eigenvalue weighted by Crippen LogP contribution is 2.38. The predicted molar refractivity (Wildman–Crippen MR) is 120 cm³/mol. The lowest BCUT2D eigenvalue weighted by molar-refractivity contribution is -0.383. The van der Waals surface area contributed by atoms with Gasteiger partial charge in [0.1, 0.15) is 4.70 Å². The van der Waals surface area contributed by atoms with E-state index in [1.807, 2.05) is 0 Å². The normalized spacial score (nSPS) is 15.8. The summed E-state index contributed by atoms with van der Waals surface area (Å²) >= 11 is 0.622. The van der Waals surface area contributed by atoms with Gasteiger partial charge in [0.25, 0.3) is 11.2 Å². The average Bonchev–Trinajstić information content (AvgIpc) is 2.82. The molecular weight excluding hydrogens is 554 g/mol. The van der Waals surface area contributed by atoms with E-state index >= 15 is 0 Å². The lowest BCUT2D eigenvalue weighted by atomic mass is 10.1. The highest BCUT2D eigenvalue weighted by atomic mass is 32.2. The molecule has 0 unspecified atom stereocenters. The number of piperazine rings is 1. The van der Waals surface area contributed by atoms with Crippen LogP contribution in [0.15, 0.2) is 46.1 Å². The van der Waals surface area contributed by atoms with Crippen LogP contribution in [0.4, 0.5) is 37.2 Å². The summed E-state index contributed by atoms with van der Waals surface area (Å²) in [5, 5.41) is 10.8. The molecule has 1 aliphatic heterocycles. The molecule has 1 aliphatic rings. The van der Waals surface area contributed by atoms with Gasteiger partial charge in [-0.15, -0.1) is 0 Å². The topological polar surface area (TPSA) is 114 Å². The molecule has 0 amide bonds. The van der Waals surface area contributed by atoms with E-state index in [4.69, 9.17) is 0 Å². The summed E-state index contributed by atoms with van der Waals surface area (Å²) in [7, 11) is -4.14. The second-order valence-corrected chi connectivity index (χ2v) is 10.8. The van der Waals surface area contributed by atoms with Crippen LogP contribution in [0.1, 0.15) is 11.1 Å². The van der Waals surface area contributed by atoms with Gasteiger partial charge in [0, 0.05) is 32.2 Å². The fraction of sp³-hybridized carbons (Fsp3) is 0.300. The van der Waals surface area contributed by atoms with Crippen molar-refractivity contribution < 1.29 is 39.7 Å². The number of halogens is 6. The molecule has 1 aromatic heterocycles. The Bertz CT molecular complexity index is 1530. The SMILES string of the molecule is O=c1nc(N2CCN(S(=O)(=O)c3ccc(C(F)(F)F)cc3)CC2)sc2c([N+](=O)[O-])cc(C(F)(F)F)cc12. The number of aromatic nitrogens is 1. The first-order chi connectivity index (χ1) is 17.1. The minimum absolute atomic E-state index is 0.0389. The monoisotopic (exact) mass is 568 g/mol. The Balaban J connectivity index is 1.60. The standard InChI is InChI=1S/C20H14F6N4O5S2/c21-19(22,23)11-1-3-13(4-2-11)37(34,35)29-7-5-28(6-8-29)18-27-17(31)14-9-12(20(24,25)26)10-15(30(32)33)16(14)36-18/h1-4,9-10H,5-8H2. The third kappa shape index (κ3) is 5.24. The molecule has 0 spiro atoms. The van der Waals surface area contributed by atoms with Gasteiger partial charge >= 0.3 is 12.4 Å². The van der Waals surface area contributed by atoms with Gasteiger partial charge < -0.3 is 4.90 Å². The molecule has 3 aromatic rings. The van der Waals surface area contributed by atoms with E-state index in [-0.39, 0.29) is 40.9 Å². The number of anilines is 1. The summed E-state index contributed by atoms with van der Waals surface area (Å²) in [5.74, 6) is 0. The average molecular weight is 568 g/mol. The molecule has 17 heteroatoms. The lowest BCUT2D eigenvalue weighted by Crippen LogP contribution is -2.49. The van der Waals surface area contributed by atoms with E-state index in [9.17, 15) is 49.7 Å². The molecule has 0 radical (unpaired) electrons. The Morgan fingerprint density at radius 1 is 0.919 bits per heavy atom. The van der Waals surface area contributed by atoms with Gasteiger partial charge in [-0.3, -0.25) is 14.9 Å². The fourth-order valence-corrected chi connectivity index (χ4v) is 6.20. The zero-order chi connectivity index (χ0) is 27.3. The Kier molecular flexibility index (Phi) is 6.66. The number of fused-ring (bicyclic) bond motifs is 1. The Morgan fingerprint density at radius 3 is 2.00 bits per heavy atom. The number of nitro benzene ring substituents is 1. The summed E-state index contributed by atoms with van der Waals surface area (Å²) in [6.07, 6.45) is -9.56. The van der Waals surface area contributed by atoms with Gasteiger partial charge in [-0.05, 0) is 30.3 Å². The lowest BCUT2D eigenvalue weighted by Gasteiger charge is -2.34. The van der Waals surface area contributed by atoms with Crippen molar-refractivity contribution >= 4 is 42.3 Å². The predicted octanol–water partition coefficient (Wildman–Crippen LogP) is 4.11. The van der Waals surface area contributed by atoms with E-state index < -0.39 is 55.1 Å². The Hall–Kier alpha value is -3.31. The van der Waals surface area contributed by atoms with E-state index in [2.05, 4.69) is 4.98 Å². The molecule has 2 heterocycles. The molecule has 0 aliphatic carbocycles. The maximum absolute atomic E-state index is 13.1. The van der Waals surface area contributed by atoms with Crippen LogP contribution in [-0.4, -0.2) is 48.8 Å². The van der Waals surface area contributed by atoms with Crippen LogP contribution < -0.4 is 10.5 Å². The summed E-state index contributed by atoms with van der Waals surface area (Å²) in [4.78, 5) is 27.7. The van der Waals surface area contributed by atoms with Gasteiger partial charge in [-0.1, -0.05) is 11.3 Å². The summed E-state index contributed by atoms with van der Waals surface area (Å²) in [6.45, 7) is -0.385. The summed E-state index contributed by atoms with van der Waals surface area (Å²) in [5.41, 5.74) is -4.41. The molecular formula is C20H14F6N4O5S2. The van der Waals surface area contributed by atoms with Crippen molar-refractivity contribution in [3.05, 3.63) is 68.0 Å². The maximum Gasteiger partial charge on any atom is 0.416 e. The van der Waals surface area contributed by atoms with Crippen molar-refractivity contribution in [1.29, 1.82) is 0 Å². The number of alkyl halides is 6. The third-order valence-electron chi connectivity index (χ3n) is 5.54. The highest BCUT2D eigenvalue weighted by Gasteiger charge is 2.35. The Morgan fingerprint density at radius 2 is 1.49 bits per heavy atom. The van der Waals surface area contributed by atoms with E-state index in [0.29, 0.717) is 35.6 Å². The minimum atomic E-state index is -4.93. The number of hydrogen-bond donors (Lipinski definition) is 0. The van der Waals surface area contributed by atoms with Crippen molar-refractivity contribution in [2.75, 3.05) is 31.1 Å². The molecule has 2 aromatic carbocycles. The molecule has 9 nitrogen and oxygen atoms in total. The van der Waals surface area contributed by atoms with Crippen LogP contribution in [0.2, 0.25) is 0 Å². The second kappa shape index (κ2) is 9.21. The molecule has 1 fully saturated rings. The number of rotatable bonds is 4. The number of sulfonamides is 1. The van der Waals surface area contributed by atoms with Gasteiger partial charge in [0.2, 0.25) is 10.0 Å². The van der Waals surface area contributed by atoms with Crippen LogP contribution in [-0.2, 0) is 22.4 Å². The van der Waals surface area contributed by atoms with Crippen molar-refractivity contribution in [2.45, 2.75) is 17.2 Å². The van der Waals surface area contributed by atoms with Crippen LogP contribution in [0.3, 0.4) is 0 Å². The number of benzene rings is 2. The summed E-state index contributed by atoms with van der Waals surface area (Å²) in [6, 6.07) is 3.81. The number of non-ortho nitro benzene ring substituents is 1. The zero-order valence-corrected chi connectivity index (χ0v) is 19.8. The molecule has 198 valence electrons. The molecule has 1 saturated heterocycles. The first kappa shape index (κ1) is 26.7. The van der Waals surface area contributed by atoms with Crippen molar-refractivity contribution in [1.82, 2.24) is 9.29 Å². The first-order valence-corrected chi connectivity index (χ1v) is 12.5. The molecule has 0 saturated carbocycles. The van der Waals surface area contributed by atoms with Gasteiger partial charge in [-0.25, -0.2) is 8.42 Å². The zero-order valence-electron chi connectivity index (χ0n) is 18.2. The third-order valence-corrected chi connectivity index (χ3v) is 8.62. The molecule has 0 bridgehead atoms. The quantitative estimate of drug-likeness (QED) is 0.264. The highest BCUT2D eigenvalue weighted by molar-refractivity contribution is 7.89. The van der Waals surface area contributed by atoms with Crippen molar-refractivity contribution in [2.24, 2.45) is 0 Å². The smallest absolute Gasteiger partial charge is 0.345 e. The van der Waals surface area contributed by atoms with Crippen LogP contribution >= 0.6 is 11.3 Å². The van der Waals surface area contributed by atoms with Gasteiger partial charge in [-0.2, -0.15) is 35.6 Å². The van der Waals surface area contributed by atoms with E-state index in [1.54, 1.807) is 0 Å². The summed E-state index contributed by atoms with van der Waals surface area (Å²) < 4.78 is 104. The number of nitro groups is 1. The fourth-order valence-electron chi connectivity index (χ4n) is 3.66. The van der Waals surface area contributed by atoms with Crippen LogP contribution in [0, 0.1) is 10.1 Å². The van der Waals surface area contributed by atoms with Crippen molar-refractivity contribution in [3.8, 4) is 0 Å². The largest absolute Gasteiger partial charge is 0.416 e. The van der Waals surface area contributed by atoms with E-state index in [0.717, 1.165) is 16.4 Å². The first-order valence-electron chi connectivity index (χ1n) is 10.2. The Labute approximate surface area is 207 Å². The minimum Gasteiger partial charge on any atom is -0.345 e. The molecule has 37 heavy (non-hydrogen) atoms. The molecule has 0 N–H and O–H groups in total. The van der Waals surface area contributed by atoms with Crippen LogP contribution in [0.25, 0.3) is 10.1 Å². The van der Waals surface area contributed by atoms with Crippen LogP contribution in [0.5, 0.6) is 0 Å². The maximum atomic E-state index is 13.1. The molecule has 4 rings (SSSR count). The van der Waals surface area contributed by atoms with E-state index in [1.165, 1.54) is 4.90 Å². The van der Waals surface area contributed by atoms with Gasteiger partial charge in [0.05, 0.1) is 26.3 Å². The molecule has 0 atom stereocenters. The van der Waals surface area contributed by atoms with Crippen molar-refractivity contribution in [3.63, 3.8) is 0 Å². The number of hydrogen-bond acceptors (Lipinski definition) is 8.